The Morgan fingerprint density at radius 1 is 1.17 bits per heavy atom. The van der Waals surface area contributed by atoms with Gasteiger partial charge in [0.1, 0.15) is 0 Å². The van der Waals surface area contributed by atoms with Crippen LogP contribution in [-0.4, -0.2) is 32.5 Å². The van der Waals surface area contributed by atoms with Crippen LogP contribution in [0.1, 0.15) is 16.2 Å². The number of hydrogen-bond donors (Lipinski definition) is 1. The minimum Gasteiger partial charge on any atom is -0.312 e. The Hall–Kier alpha value is -1.41. The molecule has 0 fully saturated rings. The van der Waals surface area contributed by atoms with Crippen molar-refractivity contribution in [3.8, 4) is 5.69 Å². The van der Waals surface area contributed by atoms with Crippen molar-refractivity contribution in [2.24, 2.45) is 0 Å². The number of nitrogens with one attached hydrogen (secondary N) is 1. The van der Waals surface area contributed by atoms with Crippen molar-refractivity contribution in [1.29, 1.82) is 0 Å². The van der Waals surface area contributed by atoms with Gasteiger partial charge in [0.2, 0.25) is 5.16 Å². The number of aromatic nitrogens is 4. The van der Waals surface area contributed by atoms with Crippen molar-refractivity contribution in [2.45, 2.75) is 25.0 Å². The van der Waals surface area contributed by atoms with E-state index < -0.39 is 0 Å². The second kappa shape index (κ2) is 9.78. The molecule has 128 valence electrons. The molecule has 3 aromatic rings. The number of nitrogens with zero attached hydrogens (tertiary/aromatic N) is 4. The third-order valence-electron chi connectivity index (χ3n) is 3.27. The van der Waals surface area contributed by atoms with E-state index in [1.165, 1.54) is 9.75 Å². The first-order valence-corrected chi connectivity index (χ1v) is 9.36. The fourth-order valence-corrected chi connectivity index (χ4v) is 3.84. The Bertz CT molecular complexity index is 729. The van der Waals surface area contributed by atoms with Gasteiger partial charge in [-0.2, -0.15) is 4.68 Å². The molecule has 0 bridgehead atoms. The summed E-state index contributed by atoms with van der Waals surface area (Å²) in [5, 5.41) is 16.3. The maximum atomic E-state index is 4.11. The predicted molar refractivity (Wildman–Crippen MR) is 103 cm³/mol. The fourth-order valence-electron chi connectivity index (χ4n) is 2.15. The van der Waals surface area contributed by atoms with Gasteiger partial charge in [0.15, 0.2) is 0 Å². The number of thioether (sulfide) groups is 1. The molecule has 0 aliphatic carbocycles. The lowest BCUT2D eigenvalue weighted by Crippen LogP contribution is -2.14. The first-order valence-electron chi connectivity index (χ1n) is 7.55. The second-order valence-electron chi connectivity index (χ2n) is 5.10. The molecule has 8 heteroatoms. The summed E-state index contributed by atoms with van der Waals surface area (Å²) in [6.07, 6.45) is 1.08. The van der Waals surface area contributed by atoms with Crippen LogP contribution in [0.25, 0.3) is 5.69 Å². The molecule has 0 radical (unpaired) electrons. The monoisotopic (exact) mass is 381 g/mol. The molecule has 0 saturated heterocycles. The molecule has 0 amide bonds. The largest absolute Gasteiger partial charge is 0.312 e. The molecule has 1 aromatic carbocycles. The van der Waals surface area contributed by atoms with Crippen LogP contribution in [0.2, 0.25) is 0 Å². The van der Waals surface area contributed by atoms with E-state index in [0.29, 0.717) is 0 Å². The maximum Gasteiger partial charge on any atom is 0.214 e. The van der Waals surface area contributed by atoms with Crippen LogP contribution in [0.3, 0.4) is 0 Å². The van der Waals surface area contributed by atoms with Crippen LogP contribution in [0.5, 0.6) is 0 Å². The molecular formula is C16H20ClN5S2. The average Bonchev–Trinajstić information content (AvgIpc) is 3.20. The molecule has 2 heterocycles. The summed E-state index contributed by atoms with van der Waals surface area (Å²) in [6.45, 7) is 4.09. The van der Waals surface area contributed by atoms with Gasteiger partial charge in [-0.15, -0.1) is 28.8 Å². The summed E-state index contributed by atoms with van der Waals surface area (Å²) >= 11 is 3.54. The SMILES string of the molecule is Cc1ccc(CNCCCSc2nnnn2-c2ccccc2)s1.Cl. The fraction of sp³-hybridized carbons (Fsp3) is 0.312. The first-order chi connectivity index (χ1) is 11.3. The molecule has 0 spiro atoms. The minimum atomic E-state index is 0. The highest BCUT2D eigenvalue weighted by Gasteiger charge is 2.07. The molecule has 0 unspecified atom stereocenters. The summed E-state index contributed by atoms with van der Waals surface area (Å²) in [5.41, 5.74) is 0.992. The Labute approximate surface area is 156 Å². The van der Waals surface area contributed by atoms with Gasteiger partial charge in [-0.3, -0.25) is 0 Å². The molecule has 0 saturated carbocycles. The van der Waals surface area contributed by atoms with Crippen molar-refractivity contribution in [3.63, 3.8) is 0 Å². The number of halogens is 1. The van der Waals surface area contributed by atoms with Gasteiger partial charge >= 0.3 is 0 Å². The highest BCUT2D eigenvalue weighted by atomic mass is 35.5. The van der Waals surface area contributed by atoms with Crippen molar-refractivity contribution in [2.75, 3.05) is 12.3 Å². The van der Waals surface area contributed by atoms with E-state index in [-0.39, 0.29) is 12.4 Å². The van der Waals surface area contributed by atoms with E-state index >= 15 is 0 Å². The molecule has 24 heavy (non-hydrogen) atoms. The second-order valence-corrected chi connectivity index (χ2v) is 7.53. The van der Waals surface area contributed by atoms with Gasteiger partial charge in [0, 0.05) is 22.1 Å². The number of para-hydroxylation sites is 1. The van der Waals surface area contributed by atoms with Crippen molar-refractivity contribution in [1.82, 2.24) is 25.5 Å². The van der Waals surface area contributed by atoms with Crippen LogP contribution in [0, 0.1) is 6.92 Å². The number of benzene rings is 1. The maximum absolute atomic E-state index is 4.11. The molecule has 1 N–H and O–H groups in total. The van der Waals surface area contributed by atoms with E-state index in [2.05, 4.69) is 39.9 Å². The van der Waals surface area contributed by atoms with Crippen molar-refractivity contribution < 1.29 is 0 Å². The van der Waals surface area contributed by atoms with Crippen LogP contribution in [0.4, 0.5) is 0 Å². The summed E-state index contributed by atoms with van der Waals surface area (Å²) in [6, 6.07) is 14.3. The topological polar surface area (TPSA) is 55.6 Å². The van der Waals surface area contributed by atoms with Crippen molar-refractivity contribution in [3.05, 3.63) is 52.2 Å². The summed E-state index contributed by atoms with van der Waals surface area (Å²) in [7, 11) is 0. The van der Waals surface area contributed by atoms with E-state index in [4.69, 9.17) is 0 Å². The van der Waals surface area contributed by atoms with Crippen LogP contribution in [0.15, 0.2) is 47.6 Å². The van der Waals surface area contributed by atoms with Crippen LogP contribution < -0.4 is 5.32 Å². The predicted octanol–water partition coefficient (Wildman–Crippen LogP) is 3.73. The minimum absolute atomic E-state index is 0. The van der Waals surface area contributed by atoms with Gasteiger partial charge in [-0.25, -0.2) is 0 Å². The lowest BCUT2D eigenvalue weighted by molar-refractivity contribution is 0.684. The molecule has 3 rings (SSSR count). The molecule has 2 aromatic heterocycles. The molecule has 0 aliphatic heterocycles. The van der Waals surface area contributed by atoms with Crippen molar-refractivity contribution >= 4 is 35.5 Å². The Kier molecular flexibility index (Phi) is 7.71. The molecule has 0 aliphatic rings. The zero-order valence-corrected chi connectivity index (χ0v) is 15.8. The highest BCUT2D eigenvalue weighted by Crippen LogP contribution is 2.18. The lowest BCUT2D eigenvalue weighted by Gasteiger charge is -2.04. The smallest absolute Gasteiger partial charge is 0.214 e. The van der Waals surface area contributed by atoms with Crippen LogP contribution in [-0.2, 0) is 6.54 Å². The summed E-state index contributed by atoms with van der Waals surface area (Å²) < 4.78 is 1.78. The molecular weight excluding hydrogens is 362 g/mol. The first kappa shape index (κ1) is 18.9. The number of rotatable bonds is 8. The van der Waals surface area contributed by atoms with E-state index in [1.807, 2.05) is 41.7 Å². The normalized spacial score (nSPS) is 10.5. The standard InChI is InChI=1S/C16H19N5S2.ClH/c1-13-8-9-15(23-13)12-17-10-5-11-22-16-18-19-20-21(16)14-6-3-2-4-7-14;/h2-4,6-9,17H,5,10-12H2,1H3;1H. The molecule has 5 nitrogen and oxygen atoms in total. The molecule has 0 atom stereocenters. The zero-order chi connectivity index (χ0) is 15.9. The highest BCUT2D eigenvalue weighted by molar-refractivity contribution is 7.99. The Morgan fingerprint density at radius 2 is 2.00 bits per heavy atom. The van der Waals surface area contributed by atoms with Crippen LogP contribution >= 0.6 is 35.5 Å². The Morgan fingerprint density at radius 3 is 2.75 bits per heavy atom. The van der Waals surface area contributed by atoms with Gasteiger partial charge in [0.25, 0.3) is 0 Å². The van der Waals surface area contributed by atoms with E-state index in [9.17, 15) is 0 Å². The summed E-state index contributed by atoms with van der Waals surface area (Å²) in [5.74, 6) is 0.990. The number of tetrazole rings is 1. The summed E-state index contributed by atoms with van der Waals surface area (Å²) in [4.78, 5) is 2.76. The number of hydrogen-bond acceptors (Lipinski definition) is 6. The quantitative estimate of drug-likeness (QED) is 0.476. The number of aryl methyl sites for hydroxylation is 1. The third-order valence-corrected chi connectivity index (χ3v) is 5.27. The van der Waals surface area contributed by atoms with Gasteiger partial charge in [-0.05, 0) is 54.6 Å². The lowest BCUT2D eigenvalue weighted by atomic mass is 10.3. The van der Waals surface area contributed by atoms with E-state index in [1.54, 1.807) is 16.4 Å². The average molecular weight is 382 g/mol. The number of thiophene rings is 1. The zero-order valence-electron chi connectivity index (χ0n) is 13.4. The Balaban J connectivity index is 0.00000208. The third kappa shape index (κ3) is 5.31. The van der Waals surface area contributed by atoms with E-state index in [0.717, 1.165) is 36.1 Å². The van der Waals surface area contributed by atoms with Gasteiger partial charge in [0.05, 0.1) is 5.69 Å². The van der Waals surface area contributed by atoms with Gasteiger partial charge in [-0.1, -0.05) is 30.0 Å². The van der Waals surface area contributed by atoms with Gasteiger partial charge < -0.3 is 5.32 Å².